The lowest BCUT2D eigenvalue weighted by molar-refractivity contribution is -0.131. The number of hydrogen-bond acceptors (Lipinski definition) is 3. The quantitative estimate of drug-likeness (QED) is 0.584. The van der Waals surface area contributed by atoms with Crippen LogP contribution in [0.25, 0.3) is 6.08 Å². The van der Waals surface area contributed by atoms with E-state index in [2.05, 4.69) is 0 Å². The van der Waals surface area contributed by atoms with Crippen molar-refractivity contribution < 1.29 is 24.2 Å². The molecule has 2 N–H and O–H groups in total. The fraction of sp³-hybridized carbons (Fsp3) is 0. The van der Waals surface area contributed by atoms with Gasteiger partial charge in [-0.15, -0.1) is 0 Å². The standard InChI is InChI=1S/C10H7FO4/c11-8-4-6(1-2-9(13)14)3-7(5-12)10(8)15/h1-5,15H,(H,13,14). The Labute approximate surface area is 84.3 Å². The van der Waals surface area contributed by atoms with Gasteiger partial charge in [-0.1, -0.05) is 0 Å². The number of phenols is 1. The van der Waals surface area contributed by atoms with Crippen LogP contribution in [0.3, 0.4) is 0 Å². The molecule has 1 aromatic rings. The van der Waals surface area contributed by atoms with Crippen LogP contribution in [-0.2, 0) is 4.79 Å². The van der Waals surface area contributed by atoms with Crippen LogP contribution in [0.2, 0.25) is 0 Å². The summed E-state index contributed by atoms with van der Waals surface area (Å²) in [5.41, 5.74) is -0.0326. The molecule has 0 aliphatic rings. The molecule has 0 heterocycles. The van der Waals surface area contributed by atoms with Gasteiger partial charge in [0, 0.05) is 6.08 Å². The highest BCUT2D eigenvalue weighted by atomic mass is 19.1. The molecule has 0 radical (unpaired) electrons. The third-order valence-electron chi connectivity index (χ3n) is 1.66. The highest BCUT2D eigenvalue weighted by molar-refractivity contribution is 5.86. The lowest BCUT2D eigenvalue weighted by Gasteiger charge is -2.00. The van der Waals surface area contributed by atoms with Gasteiger partial charge in [-0.3, -0.25) is 4.79 Å². The van der Waals surface area contributed by atoms with Crippen molar-refractivity contribution in [2.24, 2.45) is 0 Å². The van der Waals surface area contributed by atoms with Crippen molar-refractivity contribution in [1.29, 1.82) is 0 Å². The summed E-state index contributed by atoms with van der Waals surface area (Å²) in [5.74, 6) is -2.89. The molecule has 0 saturated carbocycles. The molecule has 0 amide bonds. The van der Waals surface area contributed by atoms with Gasteiger partial charge in [-0.25, -0.2) is 9.18 Å². The second-order valence-corrected chi connectivity index (χ2v) is 2.73. The number of phenolic OH excluding ortho intramolecular Hbond substituents is 1. The third kappa shape index (κ3) is 2.63. The Balaban J connectivity index is 3.16. The molecule has 0 fully saturated rings. The van der Waals surface area contributed by atoms with Crippen molar-refractivity contribution in [2.45, 2.75) is 0 Å². The van der Waals surface area contributed by atoms with Gasteiger partial charge in [0.25, 0.3) is 0 Å². The predicted molar refractivity (Wildman–Crippen MR) is 50.1 cm³/mol. The Morgan fingerprint density at radius 3 is 2.60 bits per heavy atom. The molecule has 0 aliphatic heterocycles. The molecule has 0 aromatic heterocycles. The van der Waals surface area contributed by atoms with Gasteiger partial charge in [0.1, 0.15) is 0 Å². The van der Waals surface area contributed by atoms with Crippen LogP contribution in [0.1, 0.15) is 15.9 Å². The molecule has 0 spiro atoms. The Morgan fingerprint density at radius 1 is 1.40 bits per heavy atom. The summed E-state index contributed by atoms with van der Waals surface area (Å²) < 4.78 is 13.0. The van der Waals surface area contributed by atoms with E-state index < -0.39 is 17.5 Å². The number of benzene rings is 1. The van der Waals surface area contributed by atoms with Gasteiger partial charge in [0.05, 0.1) is 5.56 Å². The summed E-state index contributed by atoms with van der Waals surface area (Å²) in [6.45, 7) is 0. The molecule has 1 rings (SSSR count). The van der Waals surface area contributed by atoms with Crippen LogP contribution in [-0.4, -0.2) is 22.5 Å². The minimum atomic E-state index is -1.18. The number of carbonyl (C=O) groups excluding carboxylic acids is 1. The van der Waals surface area contributed by atoms with Crippen LogP contribution in [0, 0.1) is 5.82 Å². The van der Waals surface area contributed by atoms with Crippen molar-refractivity contribution in [3.8, 4) is 5.75 Å². The zero-order chi connectivity index (χ0) is 11.4. The molecule has 0 atom stereocenters. The van der Waals surface area contributed by atoms with E-state index in [0.29, 0.717) is 0 Å². The van der Waals surface area contributed by atoms with Crippen molar-refractivity contribution in [1.82, 2.24) is 0 Å². The first-order chi connectivity index (χ1) is 7.04. The Morgan fingerprint density at radius 2 is 2.07 bits per heavy atom. The second kappa shape index (κ2) is 4.36. The number of carboxylic acid groups (broad SMARTS) is 1. The molecule has 78 valence electrons. The van der Waals surface area contributed by atoms with E-state index in [4.69, 9.17) is 10.2 Å². The Kier molecular flexibility index (Phi) is 3.17. The molecule has 1 aromatic carbocycles. The van der Waals surface area contributed by atoms with E-state index in [9.17, 15) is 14.0 Å². The van der Waals surface area contributed by atoms with E-state index in [1.165, 1.54) is 6.07 Å². The molecule has 0 aliphatic carbocycles. The fourth-order valence-electron chi connectivity index (χ4n) is 0.996. The van der Waals surface area contributed by atoms with Gasteiger partial charge in [-0.05, 0) is 23.8 Å². The topological polar surface area (TPSA) is 74.6 Å². The lowest BCUT2D eigenvalue weighted by Crippen LogP contribution is -1.90. The van der Waals surface area contributed by atoms with Gasteiger partial charge in [-0.2, -0.15) is 0 Å². The fourth-order valence-corrected chi connectivity index (χ4v) is 0.996. The summed E-state index contributed by atoms with van der Waals surface area (Å²) in [6, 6.07) is 2.12. The second-order valence-electron chi connectivity index (χ2n) is 2.73. The van der Waals surface area contributed by atoms with E-state index in [1.54, 1.807) is 0 Å². The first-order valence-electron chi connectivity index (χ1n) is 3.93. The molecular weight excluding hydrogens is 203 g/mol. The van der Waals surface area contributed by atoms with Crippen LogP contribution in [0.5, 0.6) is 5.75 Å². The number of hydrogen-bond donors (Lipinski definition) is 2. The Bertz CT molecular complexity index is 437. The first-order valence-corrected chi connectivity index (χ1v) is 3.93. The number of carboxylic acids is 1. The smallest absolute Gasteiger partial charge is 0.328 e. The summed E-state index contributed by atoms with van der Waals surface area (Å²) in [7, 11) is 0. The third-order valence-corrected chi connectivity index (χ3v) is 1.66. The number of halogens is 1. The zero-order valence-electron chi connectivity index (χ0n) is 7.48. The number of aromatic hydroxyl groups is 1. The molecule has 15 heavy (non-hydrogen) atoms. The van der Waals surface area contributed by atoms with Crippen LogP contribution in [0.4, 0.5) is 4.39 Å². The van der Waals surface area contributed by atoms with Crippen molar-refractivity contribution in [3.05, 3.63) is 35.2 Å². The van der Waals surface area contributed by atoms with Gasteiger partial charge < -0.3 is 10.2 Å². The van der Waals surface area contributed by atoms with Crippen molar-refractivity contribution >= 4 is 18.3 Å². The summed E-state index contributed by atoms with van der Waals surface area (Å²) >= 11 is 0. The summed E-state index contributed by atoms with van der Waals surface area (Å²) in [5, 5.41) is 17.4. The monoisotopic (exact) mass is 210 g/mol. The predicted octanol–water partition coefficient (Wildman–Crippen LogP) is 1.44. The highest BCUT2D eigenvalue weighted by Crippen LogP contribution is 2.22. The van der Waals surface area contributed by atoms with Crippen LogP contribution in [0.15, 0.2) is 18.2 Å². The maximum absolute atomic E-state index is 13.0. The van der Waals surface area contributed by atoms with Gasteiger partial charge in [0.2, 0.25) is 0 Å². The lowest BCUT2D eigenvalue weighted by atomic mass is 10.1. The largest absolute Gasteiger partial charge is 0.504 e. The average Bonchev–Trinajstić information content (AvgIpc) is 2.19. The maximum Gasteiger partial charge on any atom is 0.328 e. The number of carbonyl (C=O) groups is 2. The maximum atomic E-state index is 13.0. The van der Waals surface area contributed by atoms with E-state index in [-0.39, 0.29) is 17.4 Å². The molecule has 5 heteroatoms. The minimum absolute atomic E-state index is 0.190. The zero-order valence-corrected chi connectivity index (χ0v) is 7.48. The molecular formula is C10H7FO4. The number of rotatable bonds is 3. The van der Waals surface area contributed by atoms with E-state index in [1.807, 2.05) is 0 Å². The van der Waals surface area contributed by atoms with Crippen molar-refractivity contribution in [3.63, 3.8) is 0 Å². The van der Waals surface area contributed by atoms with Crippen LogP contribution < -0.4 is 0 Å². The highest BCUT2D eigenvalue weighted by Gasteiger charge is 2.07. The molecule has 4 nitrogen and oxygen atoms in total. The van der Waals surface area contributed by atoms with E-state index in [0.717, 1.165) is 18.2 Å². The SMILES string of the molecule is O=Cc1cc(C=CC(=O)O)cc(F)c1O. The number of aldehydes is 1. The average molecular weight is 210 g/mol. The van der Waals surface area contributed by atoms with Crippen LogP contribution >= 0.6 is 0 Å². The van der Waals surface area contributed by atoms with E-state index >= 15 is 0 Å². The first kappa shape index (κ1) is 10.9. The molecule has 0 saturated heterocycles. The van der Waals surface area contributed by atoms with Crippen molar-refractivity contribution in [2.75, 3.05) is 0 Å². The summed E-state index contributed by atoms with van der Waals surface area (Å²) in [4.78, 5) is 20.6. The number of aliphatic carboxylic acids is 1. The van der Waals surface area contributed by atoms with Gasteiger partial charge in [0.15, 0.2) is 17.9 Å². The summed E-state index contributed by atoms with van der Waals surface area (Å²) in [6.07, 6.45) is 2.22. The molecule has 0 bridgehead atoms. The molecule has 0 unspecified atom stereocenters. The minimum Gasteiger partial charge on any atom is -0.504 e. The van der Waals surface area contributed by atoms with Gasteiger partial charge >= 0.3 is 5.97 Å². The normalized spacial score (nSPS) is 10.5. The Hall–Kier alpha value is -2.17.